The molecule has 0 saturated heterocycles. The molecule has 6 heteroatoms. The predicted octanol–water partition coefficient (Wildman–Crippen LogP) is 5.33. The molecule has 0 aromatic heterocycles. The number of carbonyl (C=O) groups is 2. The molecule has 0 atom stereocenters. The predicted molar refractivity (Wildman–Crippen MR) is 110 cm³/mol. The lowest BCUT2D eigenvalue weighted by Crippen LogP contribution is -2.25. The van der Waals surface area contributed by atoms with Crippen LogP contribution in [-0.2, 0) is 4.79 Å². The molecule has 146 valence electrons. The van der Waals surface area contributed by atoms with Crippen molar-refractivity contribution in [3.05, 3.63) is 57.3 Å². The van der Waals surface area contributed by atoms with E-state index in [1.807, 2.05) is 12.1 Å². The Morgan fingerprint density at radius 3 is 2.46 bits per heavy atom. The summed E-state index contributed by atoms with van der Waals surface area (Å²) in [6.45, 7) is 7.11. The molecule has 0 bridgehead atoms. The fraction of sp³-hybridized carbons (Fsp3) is 0.273. The number of carbonyl (C=O) groups excluding carboxylic acids is 2. The highest BCUT2D eigenvalue weighted by Crippen LogP contribution is 2.40. The topological polar surface area (TPSA) is 61.8 Å². The van der Waals surface area contributed by atoms with E-state index >= 15 is 0 Å². The van der Waals surface area contributed by atoms with Gasteiger partial charge in [-0.2, -0.15) is 0 Å². The summed E-state index contributed by atoms with van der Waals surface area (Å²) in [5.41, 5.74) is 1.12. The van der Waals surface area contributed by atoms with Crippen LogP contribution in [0, 0.1) is 12.3 Å². The van der Waals surface area contributed by atoms with Gasteiger partial charge < -0.3 is 14.2 Å². The van der Waals surface area contributed by atoms with E-state index in [1.54, 1.807) is 59.1 Å². The minimum atomic E-state index is -0.634. The van der Waals surface area contributed by atoms with Gasteiger partial charge in [0.1, 0.15) is 17.2 Å². The molecule has 0 saturated carbocycles. The van der Waals surface area contributed by atoms with Gasteiger partial charge in [-0.3, -0.25) is 9.59 Å². The number of ether oxygens (including phenoxy) is 3. The Morgan fingerprint density at radius 2 is 1.82 bits per heavy atom. The summed E-state index contributed by atoms with van der Waals surface area (Å²) in [6, 6.07) is 8.75. The molecular weight excluding hydrogens is 424 g/mol. The zero-order chi connectivity index (χ0) is 20.6. The van der Waals surface area contributed by atoms with Gasteiger partial charge in [0, 0.05) is 15.6 Å². The molecule has 0 fully saturated rings. The fourth-order valence-electron chi connectivity index (χ4n) is 2.69. The van der Waals surface area contributed by atoms with E-state index < -0.39 is 5.41 Å². The Bertz CT molecular complexity index is 999. The summed E-state index contributed by atoms with van der Waals surface area (Å²) in [7, 11) is 1.57. The van der Waals surface area contributed by atoms with Crippen molar-refractivity contribution in [3.8, 4) is 17.2 Å². The Kier molecular flexibility index (Phi) is 5.35. The number of benzene rings is 2. The molecule has 28 heavy (non-hydrogen) atoms. The standard InChI is InChI=1S/C22H21BrO5/c1-12-16(28-21(25)22(2,3)4)9-7-15-19(24)18(27-20(12)15)11-13-10-14(23)6-8-17(13)26-5/h6-11H,1-5H3/b18-11-. The van der Waals surface area contributed by atoms with Gasteiger partial charge in [0.15, 0.2) is 5.76 Å². The normalized spacial score (nSPS) is 14.6. The smallest absolute Gasteiger partial charge is 0.316 e. The number of ketones is 1. The average Bonchev–Trinajstić information content (AvgIpc) is 2.93. The first-order valence-corrected chi connectivity index (χ1v) is 9.55. The maximum absolute atomic E-state index is 12.8. The summed E-state index contributed by atoms with van der Waals surface area (Å²) in [6.07, 6.45) is 1.65. The van der Waals surface area contributed by atoms with Crippen molar-refractivity contribution in [2.24, 2.45) is 5.41 Å². The summed E-state index contributed by atoms with van der Waals surface area (Å²) in [5, 5.41) is 0. The fourth-order valence-corrected chi connectivity index (χ4v) is 3.07. The number of rotatable bonds is 3. The van der Waals surface area contributed by atoms with E-state index in [-0.39, 0.29) is 17.5 Å². The van der Waals surface area contributed by atoms with E-state index in [1.165, 1.54) is 0 Å². The van der Waals surface area contributed by atoms with Gasteiger partial charge in [0.25, 0.3) is 0 Å². The second-order valence-electron chi connectivity index (χ2n) is 7.53. The summed E-state index contributed by atoms with van der Waals surface area (Å²) < 4.78 is 17.6. The van der Waals surface area contributed by atoms with Crippen molar-refractivity contribution in [1.29, 1.82) is 0 Å². The van der Waals surface area contributed by atoms with Gasteiger partial charge in [-0.05, 0) is 64.1 Å². The number of allylic oxidation sites excluding steroid dienone is 1. The minimum absolute atomic E-state index is 0.189. The van der Waals surface area contributed by atoms with Crippen molar-refractivity contribution < 1.29 is 23.8 Å². The first-order chi connectivity index (χ1) is 13.1. The average molecular weight is 445 g/mol. The van der Waals surface area contributed by atoms with Gasteiger partial charge >= 0.3 is 5.97 Å². The Balaban J connectivity index is 1.96. The highest BCUT2D eigenvalue weighted by molar-refractivity contribution is 9.10. The van der Waals surface area contributed by atoms with E-state index in [0.29, 0.717) is 33.9 Å². The number of hydrogen-bond donors (Lipinski definition) is 0. The lowest BCUT2D eigenvalue weighted by atomic mass is 9.97. The Morgan fingerprint density at radius 1 is 1.14 bits per heavy atom. The van der Waals surface area contributed by atoms with Crippen LogP contribution in [0.2, 0.25) is 0 Å². The quantitative estimate of drug-likeness (QED) is 0.363. The molecule has 2 aromatic rings. The molecule has 0 aliphatic carbocycles. The van der Waals surface area contributed by atoms with Crippen LogP contribution < -0.4 is 14.2 Å². The van der Waals surface area contributed by atoms with Gasteiger partial charge in [0.05, 0.1) is 18.1 Å². The van der Waals surface area contributed by atoms with Gasteiger partial charge in [0.2, 0.25) is 5.78 Å². The molecular formula is C22H21BrO5. The monoisotopic (exact) mass is 444 g/mol. The molecule has 1 heterocycles. The maximum atomic E-state index is 12.8. The van der Waals surface area contributed by atoms with E-state index in [2.05, 4.69) is 15.9 Å². The third-order valence-corrected chi connectivity index (χ3v) is 4.82. The molecule has 5 nitrogen and oxygen atoms in total. The van der Waals surface area contributed by atoms with Crippen LogP contribution in [0.3, 0.4) is 0 Å². The van der Waals surface area contributed by atoms with Crippen LogP contribution in [0.5, 0.6) is 17.2 Å². The summed E-state index contributed by atoms with van der Waals surface area (Å²) in [5.74, 6) is 1.02. The van der Waals surface area contributed by atoms with E-state index in [0.717, 1.165) is 4.47 Å². The van der Waals surface area contributed by atoms with Crippen LogP contribution in [0.4, 0.5) is 0 Å². The van der Waals surface area contributed by atoms with Crippen LogP contribution in [0.15, 0.2) is 40.6 Å². The molecule has 0 spiro atoms. The largest absolute Gasteiger partial charge is 0.496 e. The van der Waals surface area contributed by atoms with E-state index in [4.69, 9.17) is 14.2 Å². The third kappa shape index (κ3) is 3.83. The lowest BCUT2D eigenvalue weighted by Gasteiger charge is -2.17. The number of hydrogen-bond acceptors (Lipinski definition) is 5. The molecule has 1 aliphatic heterocycles. The molecule has 1 aliphatic rings. The second kappa shape index (κ2) is 7.43. The number of esters is 1. The molecule has 0 N–H and O–H groups in total. The Labute approximate surface area is 172 Å². The highest BCUT2D eigenvalue weighted by atomic mass is 79.9. The van der Waals surface area contributed by atoms with Crippen molar-refractivity contribution in [2.45, 2.75) is 27.7 Å². The number of methoxy groups -OCH3 is 1. The third-order valence-electron chi connectivity index (χ3n) is 4.33. The zero-order valence-corrected chi connectivity index (χ0v) is 18.0. The van der Waals surface area contributed by atoms with Gasteiger partial charge in [-0.15, -0.1) is 0 Å². The first kappa shape index (κ1) is 20.1. The Hall–Kier alpha value is -2.60. The van der Waals surface area contributed by atoms with Crippen LogP contribution in [0.25, 0.3) is 6.08 Å². The van der Waals surface area contributed by atoms with E-state index in [9.17, 15) is 9.59 Å². The molecule has 3 rings (SSSR count). The maximum Gasteiger partial charge on any atom is 0.316 e. The van der Waals surface area contributed by atoms with Gasteiger partial charge in [-0.1, -0.05) is 15.9 Å². The van der Waals surface area contributed by atoms with Crippen molar-refractivity contribution in [2.75, 3.05) is 7.11 Å². The van der Waals surface area contributed by atoms with Crippen LogP contribution in [0.1, 0.15) is 42.3 Å². The molecule has 0 unspecified atom stereocenters. The molecule has 0 amide bonds. The second-order valence-corrected chi connectivity index (χ2v) is 8.45. The van der Waals surface area contributed by atoms with Crippen molar-refractivity contribution in [3.63, 3.8) is 0 Å². The highest BCUT2D eigenvalue weighted by Gasteiger charge is 2.32. The number of halogens is 1. The lowest BCUT2D eigenvalue weighted by molar-refractivity contribution is -0.143. The number of fused-ring (bicyclic) bond motifs is 1. The van der Waals surface area contributed by atoms with Crippen molar-refractivity contribution in [1.82, 2.24) is 0 Å². The summed E-state index contributed by atoms with van der Waals surface area (Å²) >= 11 is 3.42. The molecule has 0 radical (unpaired) electrons. The zero-order valence-electron chi connectivity index (χ0n) is 16.4. The minimum Gasteiger partial charge on any atom is -0.496 e. The van der Waals surface area contributed by atoms with Crippen molar-refractivity contribution >= 4 is 33.8 Å². The SMILES string of the molecule is COc1ccc(Br)cc1/C=C1\Oc2c(ccc(OC(=O)C(C)(C)C)c2C)C1=O. The summed E-state index contributed by atoms with van der Waals surface area (Å²) in [4.78, 5) is 25.0. The van der Waals surface area contributed by atoms with Crippen LogP contribution >= 0.6 is 15.9 Å². The number of Topliss-reactive ketones (excluding diaryl/α,β-unsaturated/α-hetero) is 1. The van der Waals surface area contributed by atoms with Gasteiger partial charge in [-0.25, -0.2) is 0 Å². The molecule has 2 aromatic carbocycles. The van der Waals surface area contributed by atoms with Crippen LogP contribution in [-0.4, -0.2) is 18.9 Å². The first-order valence-electron chi connectivity index (χ1n) is 8.75.